The molecule has 92 valence electrons. The van der Waals surface area contributed by atoms with Crippen LogP contribution in [-0.2, 0) is 6.42 Å². The van der Waals surface area contributed by atoms with Crippen LogP contribution in [0.15, 0.2) is 34.7 Å². The van der Waals surface area contributed by atoms with Crippen molar-refractivity contribution in [3.05, 3.63) is 47.2 Å². The zero-order valence-corrected chi connectivity index (χ0v) is 10.7. The highest BCUT2D eigenvalue weighted by Gasteiger charge is 2.26. The molecule has 0 bridgehead atoms. The molecule has 2 heteroatoms. The number of Topliss-reactive ketones (excluding diaryl/α,β-unsaturated/α-hetero) is 1. The van der Waals surface area contributed by atoms with Crippen molar-refractivity contribution in [1.29, 1.82) is 0 Å². The van der Waals surface area contributed by atoms with Gasteiger partial charge in [-0.05, 0) is 18.9 Å². The second kappa shape index (κ2) is 4.13. The van der Waals surface area contributed by atoms with E-state index >= 15 is 0 Å². The average Bonchev–Trinajstić information content (AvgIpc) is 2.74. The van der Waals surface area contributed by atoms with E-state index < -0.39 is 0 Å². The second-order valence-electron chi connectivity index (χ2n) is 5.25. The van der Waals surface area contributed by atoms with Gasteiger partial charge in [0.15, 0.2) is 5.78 Å². The summed E-state index contributed by atoms with van der Waals surface area (Å²) in [6.07, 6.45) is 1.51. The molecule has 2 aromatic rings. The predicted octanol–water partition coefficient (Wildman–Crippen LogP) is 4.02. The fourth-order valence-electron chi connectivity index (χ4n) is 2.49. The van der Waals surface area contributed by atoms with Crippen LogP contribution in [0.2, 0.25) is 0 Å². The first-order valence-corrected chi connectivity index (χ1v) is 6.36. The second-order valence-corrected chi connectivity index (χ2v) is 5.25. The van der Waals surface area contributed by atoms with Crippen LogP contribution in [0.25, 0.3) is 11.3 Å². The third-order valence-electron chi connectivity index (χ3n) is 3.51. The van der Waals surface area contributed by atoms with Crippen LogP contribution in [-0.4, -0.2) is 5.78 Å². The van der Waals surface area contributed by atoms with Gasteiger partial charge < -0.3 is 4.42 Å². The van der Waals surface area contributed by atoms with Gasteiger partial charge in [0, 0.05) is 18.4 Å². The molecule has 0 spiro atoms. The van der Waals surface area contributed by atoms with Crippen molar-refractivity contribution in [2.75, 3.05) is 0 Å². The number of hydrogen-bond acceptors (Lipinski definition) is 2. The Bertz CT molecular complexity index is 590. The van der Waals surface area contributed by atoms with Gasteiger partial charge in [-0.3, -0.25) is 4.79 Å². The van der Waals surface area contributed by atoms with Gasteiger partial charge in [-0.15, -0.1) is 0 Å². The number of carbonyl (C=O) groups excluding carboxylic acids is 1. The molecule has 0 saturated carbocycles. The first-order valence-electron chi connectivity index (χ1n) is 6.36. The Morgan fingerprint density at radius 3 is 2.61 bits per heavy atom. The Labute approximate surface area is 107 Å². The Morgan fingerprint density at radius 2 is 1.89 bits per heavy atom. The number of fused-ring (bicyclic) bond motifs is 1. The first-order chi connectivity index (χ1) is 8.63. The van der Waals surface area contributed by atoms with Gasteiger partial charge in [0.25, 0.3) is 0 Å². The summed E-state index contributed by atoms with van der Waals surface area (Å²) in [6.45, 7) is 4.15. The monoisotopic (exact) mass is 240 g/mol. The lowest BCUT2D eigenvalue weighted by Gasteiger charge is -2.14. The SMILES string of the molecule is Cc1ccc(-c2cc3c(o2)CC(C)CC3=O)cc1. The highest BCUT2D eigenvalue weighted by molar-refractivity contribution is 5.99. The molecule has 18 heavy (non-hydrogen) atoms. The van der Waals surface area contributed by atoms with E-state index in [1.807, 2.05) is 18.2 Å². The minimum Gasteiger partial charge on any atom is -0.460 e. The van der Waals surface area contributed by atoms with Crippen molar-refractivity contribution in [2.45, 2.75) is 26.7 Å². The van der Waals surface area contributed by atoms with E-state index in [2.05, 4.69) is 26.0 Å². The minimum absolute atomic E-state index is 0.214. The fourth-order valence-corrected chi connectivity index (χ4v) is 2.49. The van der Waals surface area contributed by atoms with Crippen LogP contribution < -0.4 is 0 Å². The fraction of sp³-hybridized carbons (Fsp3) is 0.312. The van der Waals surface area contributed by atoms with Gasteiger partial charge in [-0.2, -0.15) is 0 Å². The number of aryl methyl sites for hydroxylation is 1. The van der Waals surface area contributed by atoms with E-state index in [4.69, 9.17) is 4.42 Å². The molecule has 0 radical (unpaired) electrons. The van der Waals surface area contributed by atoms with E-state index in [1.165, 1.54) is 5.56 Å². The van der Waals surface area contributed by atoms with E-state index in [1.54, 1.807) is 0 Å². The maximum absolute atomic E-state index is 11.9. The zero-order valence-electron chi connectivity index (χ0n) is 10.7. The normalized spacial score (nSPS) is 18.8. The van der Waals surface area contributed by atoms with Crippen LogP contribution in [0, 0.1) is 12.8 Å². The molecular weight excluding hydrogens is 224 g/mol. The summed E-state index contributed by atoms with van der Waals surface area (Å²) in [6, 6.07) is 10.1. The van der Waals surface area contributed by atoms with Gasteiger partial charge in [-0.25, -0.2) is 0 Å². The van der Waals surface area contributed by atoms with Crippen molar-refractivity contribution in [3.63, 3.8) is 0 Å². The van der Waals surface area contributed by atoms with Gasteiger partial charge in [0.05, 0.1) is 5.56 Å². The Balaban J connectivity index is 2.03. The van der Waals surface area contributed by atoms with E-state index in [0.29, 0.717) is 12.3 Å². The molecule has 1 aromatic heterocycles. The zero-order chi connectivity index (χ0) is 12.7. The molecule has 1 aliphatic rings. The van der Waals surface area contributed by atoms with Crippen molar-refractivity contribution in [3.8, 4) is 11.3 Å². The van der Waals surface area contributed by atoms with Crippen molar-refractivity contribution in [1.82, 2.24) is 0 Å². The Morgan fingerprint density at radius 1 is 1.17 bits per heavy atom. The van der Waals surface area contributed by atoms with Crippen LogP contribution in [0.5, 0.6) is 0 Å². The van der Waals surface area contributed by atoms with Crippen molar-refractivity contribution < 1.29 is 9.21 Å². The predicted molar refractivity (Wildman–Crippen MR) is 70.7 cm³/mol. The molecule has 1 unspecified atom stereocenters. The molecule has 0 aliphatic heterocycles. The van der Waals surface area contributed by atoms with Crippen LogP contribution in [0.4, 0.5) is 0 Å². The standard InChI is InChI=1S/C16H16O2/c1-10-3-5-12(6-4-10)15-9-13-14(17)7-11(2)8-16(13)18-15/h3-6,9,11H,7-8H2,1-2H3. The van der Waals surface area contributed by atoms with Crippen LogP contribution >= 0.6 is 0 Å². The molecule has 1 heterocycles. The maximum atomic E-state index is 11.9. The number of benzene rings is 1. The van der Waals surface area contributed by atoms with E-state index in [0.717, 1.165) is 29.1 Å². The van der Waals surface area contributed by atoms with Gasteiger partial charge in [0.2, 0.25) is 0 Å². The molecule has 1 atom stereocenters. The number of hydrogen-bond donors (Lipinski definition) is 0. The van der Waals surface area contributed by atoms with Gasteiger partial charge in [-0.1, -0.05) is 36.8 Å². The summed E-state index contributed by atoms with van der Waals surface area (Å²) in [5.74, 6) is 2.27. The number of ketones is 1. The van der Waals surface area contributed by atoms with Crippen LogP contribution in [0.3, 0.4) is 0 Å². The molecule has 3 rings (SSSR count). The number of furan rings is 1. The number of carbonyl (C=O) groups is 1. The topological polar surface area (TPSA) is 30.2 Å². The van der Waals surface area contributed by atoms with Crippen molar-refractivity contribution in [2.24, 2.45) is 5.92 Å². The summed E-state index contributed by atoms with van der Waals surface area (Å²) in [7, 11) is 0. The van der Waals surface area contributed by atoms with E-state index in [9.17, 15) is 4.79 Å². The summed E-state index contributed by atoms with van der Waals surface area (Å²) < 4.78 is 5.85. The molecular formula is C16H16O2. The Hall–Kier alpha value is -1.83. The number of rotatable bonds is 1. The van der Waals surface area contributed by atoms with Gasteiger partial charge >= 0.3 is 0 Å². The lowest BCUT2D eigenvalue weighted by Crippen LogP contribution is -2.15. The first kappa shape index (κ1) is 11.3. The summed E-state index contributed by atoms with van der Waals surface area (Å²) in [4.78, 5) is 11.9. The molecule has 0 fully saturated rings. The minimum atomic E-state index is 0.214. The highest BCUT2D eigenvalue weighted by Crippen LogP contribution is 2.32. The average molecular weight is 240 g/mol. The molecule has 0 saturated heterocycles. The molecule has 0 amide bonds. The maximum Gasteiger partial charge on any atom is 0.166 e. The third-order valence-corrected chi connectivity index (χ3v) is 3.51. The smallest absolute Gasteiger partial charge is 0.166 e. The summed E-state index contributed by atoms with van der Waals surface area (Å²) in [5.41, 5.74) is 3.04. The summed E-state index contributed by atoms with van der Waals surface area (Å²) in [5, 5.41) is 0. The lowest BCUT2D eigenvalue weighted by molar-refractivity contribution is 0.0949. The van der Waals surface area contributed by atoms with Gasteiger partial charge in [0.1, 0.15) is 11.5 Å². The Kier molecular flexibility index (Phi) is 2.58. The van der Waals surface area contributed by atoms with Crippen LogP contribution in [0.1, 0.15) is 35.0 Å². The van der Waals surface area contributed by atoms with E-state index in [-0.39, 0.29) is 5.78 Å². The molecule has 2 nitrogen and oxygen atoms in total. The quantitative estimate of drug-likeness (QED) is 0.753. The third kappa shape index (κ3) is 1.88. The van der Waals surface area contributed by atoms with Crippen molar-refractivity contribution >= 4 is 5.78 Å². The lowest BCUT2D eigenvalue weighted by atomic mass is 9.89. The highest BCUT2D eigenvalue weighted by atomic mass is 16.3. The molecule has 1 aromatic carbocycles. The largest absolute Gasteiger partial charge is 0.460 e. The molecule has 1 aliphatic carbocycles. The summed E-state index contributed by atoms with van der Waals surface area (Å²) >= 11 is 0. The molecule has 0 N–H and O–H groups in total.